The Hall–Kier alpha value is -1.42. The van der Waals surface area contributed by atoms with Crippen molar-refractivity contribution in [3.8, 4) is 6.07 Å². The standard InChI is InChI=1S/C14H19N3O2S/c1-10-4-2-7-14(12(10)9-16)20(18,19)17-13-6-3-5-11(13)8-15/h2,4,7,11,13,17H,3,5-6,8,15H2,1H3. The number of hydrogen-bond acceptors (Lipinski definition) is 4. The minimum Gasteiger partial charge on any atom is -0.330 e. The number of nitrogens with zero attached hydrogens (tertiary/aromatic N) is 1. The highest BCUT2D eigenvalue weighted by Crippen LogP contribution is 2.27. The normalized spacial score (nSPS) is 22.6. The molecule has 0 heterocycles. The summed E-state index contributed by atoms with van der Waals surface area (Å²) in [5.74, 6) is 0.181. The van der Waals surface area contributed by atoms with Crippen LogP contribution in [-0.2, 0) is 10.0 Å². The molecule has 2 unspecified atom stereocenters. The zero-order valence-electron chi connectivity index (χ0n) is 11.5. The number of nitrogens with two attached hydrogens (primary N) is 1. The highest BCUT2D eigenvalue weighted by atomic mass is 32.2. The third-order valence-corrected chi connectivity index (χ3v) is 5.44. The number of nitriles is 1. The Morgan fingerprint density at radius 1 is 1.45 bits per heavy atom. The van der Waals surface area contributed by atoms with E-state index in [9.17, 15) is 8.42 Å². The summed E-state index contributed by atoms with van der Waals surface area (Å²) in [6.45, 7) is 2.21. The molecule has 108 valence electrons. The van der Waals surface area contributed by atoms with E-state index in [1.54, 1.807) is 19.1 Å². The van der Waals surface area contributed by atoms with Crippen molar-refractivity contribution in [1.29, 1.82) is 5.26 Å². The second-order valence-electron chi connectivity index (χ2n) is 5.21. The summed E-state index contributed by atoms with van der Waals surface area (Å²) in [4.78, 5) is 0.0580. The molecule has 1 aliphatic rings. The highest BCUT2D eigenvalue weighted by molar-refractivity contribution is 7.89. The van der Waals surface area contributed by atoms with Crippen LogP contribution >= 0.6 is 0 Å². The van der Waals surface area contributed by atoms with Crippen LogP contribution in [0.1, 0.15) is 30.4 Å². The summed E-state index contributed by atoms with van der Waals surface area (Å²) in [7, 11) is -3.68. The maximum absolute atomic E-state index is 12.5. The van der Waals surface area contributed by atoms with Gasteiger partial charge in [-0.15, -0.1) is 0 Å². The molecule has 20 heavy (non-hydrogen) atoms. The zero-order valence-corrected chi connectivity index (χ0v) is 12.3. The van der Waals surface area contributed by atoms with E-state index in [1.807, 2.05) is 6.07 Å². The van der Waals surface area contributed by atoms with Gasteiger partial charge in [-0.3, -0.25) is 0 Å². The van der Waals surface area contributed by atoms with Crippen LogP contribution in [0.4, 0.5) is 0 Å². The lowest BCUT2D eigenvalue weighted by Gasteiger charge is -2.20. The summed E-state index contributed by atoms with van der Waals surface area (Å²) in [5.41, 5.74) is 6.55. The van der Waals surface area contributed by atoms with Gasteiger partial charge in [0.15, 0.2) is 0 Å². The molecule has 0 aliphatic heterocycles. The fraction of sp³-hybridized carbons (Fsp3) is 0.500. The molecule has 2 rings (SSSR count). The topological polar surface area (TPSA) is 96.0 Å². The molecule has 1 saturated carbocycles. The minimum absolute atomic E-state index is 0.0580. The van der Waals surface area contributed by atoms with Gasteiger partial charge >= 0.3 is 0 Å². The number of rotatable bonds is 4. The summed E-state index contributed by atoms with van der Waals surface area (Å²) >= 11 is 0. The lowest BCUT2D eigenvalue weighted by atomic mass is 10.1. The zero-order chi connectivity index (χ0) is 14.8. The summed E-state index contributed by atoms with van der Waals surface area (Å²) in [6.07, 6.45) is 2.73. The summed E-state index contributed by atoms with van der Waals surface area (Å²) < 4.78 is 27.7. The molecular weight excluding hydrogens is 274 g/mol. The molecule has 0 saturated heterocycles. The molecule has 0 aromatic heterocycles. The first-order valence-corrected chi connectivity index (χ1v) is 8.20. The molecule has 6 heteroatoms. The second kappa shape index (κ2) is 5.92. The Morgan fingerprint density at radius 3 is 2.85 bits per heavy atom. The van der Waals surface area contributed by atoms with Crippen molar-refractivity contribution in [2.75, 3.05) is 6.54 Å². The first-order valence-electron chi connectivity index (χ1n) is 6.71. The molecular formula is C14H19N3O2S. The van der Waals surface area contributed by atoms with E-state index in [0.717, 1.165) is 19.3 Å². The van der Waals surface area contributed by atoms with Crippen LogP contribution in [-0.4, -0.2) is 21.0 Å². The van der Waals surface area contributed by atoms with E-state index < -0.39 is 10.0 Å². The van der Waals surface area contributed by atoms with Gasteiger partial charge in [-0.05, 0) is 43.9 Å². The lowest BCUT2D eigenvalue weighted by molar-refractivity contribution is 0.453. The van der Waals surface area contributed by atoms with Crippen LogP contribution in [0.5, 0.6) is 0 Å². The third-order valence-electron chi connectivity index (χ3n) is 3.90. The summed E-state index contributed by atoms with van der Waals surface area (Å²) in [6, 6.07) is 6.71. The molecule has 1 fully saturated rings. The van der Waals surface area contributed by atoms with Crippen LogP contribution in [0, 0.1) is 24.2 Å². The SMILES string of the molecule is Cc1cccc(S(=O)(=O)NC2CCCC2CN)c1C#N. The maximum atomic E-state index is 12.5. The molecule has 0 radical (unpaired) electrons. The molecule has 0 spiro atoms. The Labute approximate surface area is 119 Å². The van der Waals surface area contributed by atoms with Crippen LogP contribution < -0.4 is 10.5 Å². The van der Waals surface area contributed by atoms with Crippen molar-refractivity contribution < 1.29 is 8.42 Å². The molecule has 5 nitrogen and oxygen atoms in total. The number of sulfonamides is 1. The van der Waals surface area contributed by atoms with Crippen LogP contribution in [0.3, 0.4) is 0 Å². The fourth-order valence-electron chi connectivity index (χ4n) is 2.74. The van der Waals surface area contributed by atoms with Crippen molar-refractivity contribution in [3.05, 3.63) is 29.3 Å². The quantitative estimate of drug-likeness (QED) is 0.873. The Bertz CT molecular complexity index is 634. The van der Waals surface area contributed by atoms with E-state index >= 15 is 0 Å². The van der Waals surface area contributed by atoms with Gasteiger partial charge in [0.05, 0.1) is 5.56 Å². The lowest BCUT2D eigenvalue weighted by Crippen LogP contribution is -2.40. The van der Waals surface area contributed by atoms with E-state index in [1.165, 1.54) is 6.07 Å². The molecule has 3 N–H and O–H groups in total. The Kier molecular flexibility index (Phi) is 4.43. The van der Waals surface area contributed by atoms with Gasteiger partial charge in [0.1, 0.15) is 11.0 Å². The number of nitrogens with one attached hydrogen (secondary N) is 1. The van der Waals surface area contributed by atoms with Crippen molar-refractivity contribution in [2.45, 2.75) is 37.1 Å². The molecule has 0 bridgehead atoms. The Balaban J connectivity index is 2.32. The molecule has 1 aliphatic carbocycles. The first kappa shape index (κ1) is 15.0. The van der Waals surface area contributed by atoms with Gasteiger partial charge < -0.3 is 5.73 Å². The second-order valence-corrected chi connectivity index (χ2v) is 6.90. The van der Waals surface area contributed by atoms with Gasteiger partial charge in [0.25, 0.3) is 0 Å². The summed E-state index contributed by atoms with van der Waals surface area (Å²) in [5, 5.41) is 9.16. The van der Waals surface area contributed by atoms with Crippen LogP contribution in [0.15, 0.2) is 23.1 Å². The van der Waals surface area contributed by atoms with Gasteiger partial charge in [-0.1, -0.05) is 18.6 Å². The molecule has 0 amide bonds. The van der Waals surface area contributed by atoms with Crippen molar-refractivity contribution >= 4 is 10.0 Å². The Morgan fingerprint density at radius 2 is 2.20 bits per heavy atom. The third kappa shape index (κ3) is 2.85. The smallest absolute Gasteiger partial charge is 0.242 e. The van der Waals surface area contributed by atoms with Gasteiger partial charge in [0, 0.05) is 6.04 Å². The van der Waals surface area contributed by atoms with Crippen LogP contribution in [0.2, 0.25) is 0 Å². The van der Waals surface area contributed by atoms with Crippen molar-refractivity contribution in [1.82, 2.24) is 4.72 Å². The average molecular weight is 293 g/mol. The van der Waals surface area contributed by atoms with E-state index in [0.29, 0.717) is 12.1 Å². The van der Waals surface area contributed by atoms with Crippen molar-refractivity contribution in [2.24, 2.45) is 11.7 Å². The number of aryl methyl sites for hydroxylation is 1. The maximum Gasteiger partial charge on any atom is 0.242 e. The molecule has 1 aromatic carbocycles. The first-order chi connectivity index (χ1) is 9.49. The fourth-order valence-corrected chi connectivity index (χ4v) is 4.31. The van der Waals surface area contributed by atoms with Crippen molar-refractivity contribution in [3.63, 3.8) is 0 Å². The van der Waals surface area contributed by atoms with Crippen LogP contribution in [0.25, 0.3) is 0 Å². The number of hydrogen-bond donors (Lipinski definition) is 2. The predicted octanol–water partition coefficient (Wildman–Crippen LogP) is 1.27. The molecule has 1 aromatic rings. The van der Waals surface area contributed by atoms with Gasteiger partial charge in [0.2, 0.25) is 10.0 Å². The minimum atomic E-state index is -3.68. The van der Waals surface area contributed by atoms with Gasteiger partial charge in [-0.2, -0.15) is 5.26 Å². The number of benzene rings is 1. The van der Waals surface area contributed by atoms with E-state index in [-0.39, 0.29) is 22.4 Å². The van der Waals surface area contributed by atoms with Gasteiger partial charge in [-0.25, -0.2) is 13.1 Å². The monoisotopic (exact) mass is 293 g/mol. The van der Waals surface area contributed by atoms with E-state index in [2.05, 4.69) is 4.72 Å². The predicted molar refractivity (Wildman–Crippen MR) is 76.4 cm³/mol. The van der Waals surface area contributed by atoms with E-state index in [4.69, 9.17) is 11.0 Å². The molecule has 2 atom stereocenters. The average Bonchev–Trinajstić information content (AvgIpc) is 2.84. The largest absolute Gasteiger partial charge is 0.330 e. The highest BCUT2D eigenvalue weighted by Gasteiger charge is 2.31.